The average molecular weight is 136 g/mol. The molecule has 0 spiro atoms. The number of rotatable bonds is 2. The first-order chi connectivity index (χ1) is 3.12. The van der Waals surface area contributed by atoms with Crippen LogP contribution in [-0.4, -0.2) is 55.9 Å². The molecule has 0 radical (unpaired) electrons. The molecule has 2 nitrogen and oxygen atoms in total. The van der Waals surface area contributed by atoms with Gasteiger partial charge in [-0.2, -0.15) is 0 Å². The van der Waals surface area contributed by atoms with Gasteiger partial charge in [-0.25, -0.2) is 0 Å². The monoisotopic (exact) mass is 136 g/mol. The third-order valence-electron chi connectivity index (χ3n) is 1.13. The fourth-order valence-electron chi connectivity index (χ4n) is 0.250. The van der Waals surface area contributed by atoms with E-state index in [1.165, 1.54) is 0 Å². The van der Waals surface area contributed by atoms with Crippen molar-refractivity contribution >= 4 is 46.3 Å². The molecule has 0 aliphatic rings. The van der Waals surface area contributed by atoms with Gasteiger partial charge in [0, 0.05) is 0 Å². The SMILES string of the molecule is CC[Si](O)(O)CC.[LiH].[LiH]. The first-order valence-electron chi connectivity index (χ1n) is 2.57. The van der Waals surface area contributed by atoms with Crippen molar-refractivity contribution in [2.24, 2.45) is 0 Å². The molecule has 0 unspecified atom stereocenters. The van der Waals surface area contributed by atoms with Gasteiger partial charge in [-0.3, -0.25) is 0 Å². The standard InChI is InChI=1S/C4H12O2Si.2Li.2H/c1-3-7(5,6)4-2;;;;/h5-6H,3-4H2,1-2H3;;;;. The van der Waals surface area contributed by atoms with Gasteiger partial charge >= 0.3 is 46.3 Å². The summed E-state index contributed by atoms with van der Waals surface area (Å²) in [5.41, 5.74) is 0. The Labute approximate surface area is 81.6 Å². The minimum absolute atomic E-state index is 0. The van der Waals surface area contributed by atoms with Gasteiger partial charge in [-0.05, 0) is 12.1 Å². The van der Waals surface area contributed by atoms with Gasteiger partial charge in [-0.1, -0.05) is 13.8 Å². The van der Waals surface area contributed by atoms with Crippen molar-refractivity contribution in [2.45, 2.75) is 25.9 Å². The van der Waals surface area contributed by atoms with Gasteiger partial charge in [0.05, 0.1) is 0 Å². The average Bonchev–Trinajstić information content (AvgIpc) is 1.68. The zero-order chi connectivity index (χ0) is 5.91. The molecular formula is C4H14Li2O2Si. The number of hydrogen-bond donors (Lipinski definition) is 2. The summed E-state index contributed by atoms with van der Waals surface area (Å²) < 4.78 is 0. The van der Waals surface area contributed by atoms with E-state index in [4.69, 9.17) is 9.59 Å². The van der Waals surface area contributed by atoms with Crippen LogP contribution in [0.3, 0.4) is 0 Å². The molecule has 0 heterocycles. The molecule has 48 valence electrons. The Hall–Kier alpha value is 1.33. The molecule has 0 aromatic rings. The molecule has 0 amide bonds. The predicted molar refractivity (Wildman–Crippen MR) is 45.5 cm³/mol. The first-order valence-corrected chi connectivity index (χ1v) is 4.88. The summed E-state index contributed by atoms with van der Waals surface area (Å²) in [6.07, 6.45) is 0. The van der Waals surface area contributed by atoms with Crippen LogP contribution < -0.4 is 0 Å². The van der Waals surface area contributed by atoms with Crippen molar-refractivity contribution in [3.63, 3.8) is 0 Å². The van der Waals surface area contributed by atoms with Crippen LogP contribution in [0.1, 0.15) is 13.8 Å². The molecule has 0 fully saturated rings. The fraction of sp³-hybridized carbons (Fsp3) is 1.00. The van der Waals surface area contributed by atoms with Crippen LogP contribution in [0.4, 0.5) is 0 Å². The van der Waals surface area contributed by atoms with E-state index < -0.39 is 8.56 Å². The van der Waals surface area contributed by atoms with Crippen LogP contribution in [-0.2, 0) is 0 Å². The second kappa shape index (κ2) is 7.44. The molecule has 0 aliphatic heterocycles. The zero-order valence-corrected chi connectivity index (χ0v) is 5.81. The van der Waals surface area contributed by atoms with E-state index in [2.05, 4.69) is 0 Å². The van der Waals surface area contributed by atoms with Gasteiger partial charge in [-0.15, -0.1) is 0 Å². The van der Waals surface area contributed by atoms with Crippen molar-refractivity contribution in [3.8, 4) is 0 Å². The molecule has 9 heavy (non-hydrogen) atoms. The van der Waals surface area contributed by atoms with Gasteiger partial charge in [0.1, 0.15) is 0 Å². The Kier molecular flexibility index (Phi) is 13.8. The van der Waals surface area contributed by atoms with Crippen molar-refractivity contribution in [2.75, 3.05) is 0 Å². The molecule has 0 aromatic carbocycles. The molecule has 0 aliphatic carbocycles. The van der Waals surface area contributed by atoms with Crippen molar-refractivity contribution in [3.05, 3.63) is 0 Å². The molecule has 0 aromatic heterocycles. The Morgan fingerprint density at radius 2 is 1.22 bits per heavy atom. The Bertz CT molecular complexity index is 54.5. The van der Waals surface area contributed by atoms with Crippen LogP contribution >= 0.6 is 0 Å². The second-order valence-electron chi connectivity index (χ2n) is 1.69. The summed E-state index contributed by atoms with van der Waals surface area (Å²) in [6.45, 7) is 3.60. The molecule has 5 heteroatoms. The molecule has 0 saturated heterocycles. The van der Waals surface area contributed by atoms with Crippen molar-refractivity contribution in [1.82, 2.24) is 0 Å². The van der Waals surface area contributed by atoms with Gasteiger partial charge in [0.25, 0.3) is 0 Å². The van der Waals surface area contributed by atoms with E-state index in [0.717, 1.165) is 0 Å². The van der Waals surface area contributed by atoms with E-state index >= 15 is 0 Å². The summed E-state index contributed by atoms with van der Waals surface area (Å²) in [7, 11) is -2.65. The summed E-state index contributed by atoms with van der Waals surface area (Å²) in [6, 6.07) is 1.09. The quantitative estimate of drug-likeness (QED) is 0.486. The second-order valence-corrected chi connectivity index (χ2v) is 5.07. The van der Waals surface area contributed by atoms with Gasteiger partial charge in [0.15, 0.2) is 0 Å². The van der Waals surface area contributed by atoms with Crippen LogP contribution in [0.5, 0.6) is 0 Å². The third-order valence-corrected chi connectivity index (χ3v) is 3.40. The topological polar surface area (TPSA) is 40.5 Å². The molecule has 0 rings (SSSR count). The van der Waals surface area contributed by atoms with Crippen LogP contribution in [0.2, 0.25) is 12.1 Å². The van der Waals surface area contributed by atoms with E-state index in [0.29, 0.717) is 12.1 Å². The molecular weight excluding hydrogens is 122 g/mol. The van der Waals surface area contributed by atoms with E-state index in [-0.39, 0.29) is 37.7 Å². The normalized spacial score (nSPS) is 9.33. The van der Waals surface area contributed by atoms with E-state index in [9.17, 15) is 0 Å². The van der Waals surface area contributed by atoms with Crippen molar-refractivity contribution < 1.29 is 9.59 Å². The van der Waals surface area contributed by atoms with Crippen LogP contribution in [0.15, 0.2) is 0 Å². The van der Waals surface area contributed by atoms with E-state index in [1.54, 1.807) is 13.8 Å². The molecule has 2 N–H and O–H groups in total. The van der Waals surface area contributed by atoms with Crippen LogP contribution in [0, 0.1) is 0 Å². The Morgan fingerprint density at radius 3 is 1.22 bits per heavy atom. The summed E-state index contributed by atoms with van der Waals surface area (Å²) >= 11 is 0. The molecule has 0 saturated carbocycles. The fourth-order valence-corrected chi connectivity index (χ4v) is 0.750. The molecule has 0 atom stereocenters. The predicted octanol–water partition coefficient (Wildman–Crippen LogP) is -0.844. The van der Waals surface area contributed by atoms with Crippen LogP contribution in [0.25, 0.3) is 0 Å². The Balaban J connectivity index is -0.000000180. The number of hydrogen-bond acceptors (Lipinski definition) is 2. The maximum absolute atomic E-state index is 8.83. The maximum atomic E-state index is 8.83. The molecule has 0 bridgehead atoms. The third kappa shape index (κ3) is 9.33. The van der Waals surface area contributed by atoms with Gasteiger partial charge in [0.2, 0.25) is 0 Å². The first kappa shape index (κ1) is 16.7. The summed E-state index contributed by atoms with van der Waals surface area (Å²) in [4.78, 5) is 17.7. The van der Waals surface area contributed by atoms with Crippen molar-refractivity contribution in [1.29, 1.82) is 0 Å². The van der Waals surface area contributed by atoms with E-state index in [1.807, 2.05) is 0 Å². The van der Waals surface area contributed by atoms with Gasteiger partial charge < -0.3 is 9.59 Å². The summed E-state index contributed by atoms with van der Waals surface area (Å²) in [5, 5.41) is 0. The minimum atomic E-state index is -2.65. The summed E-state index contributed by atoms with van der Waals surface area (Å²) in [5.74, 6) is 0. The zero-order valence-electron chi connectivity index (χ0n) is 4.81. The Morgan fingerprint density at radius 1 is 1.00 bits per heavy atom.